The lowest BCUT2D eigenvalue weighted by Crippen LogP contribution is -2.45. The molecular formula is C22H30N4O3. The van der Waals surface area contributed by atoms with Crippen molar-refractivity contribution in [2.45, 2.75) is 46.2 Å². The minimum atomic E-state index is -0.279. The number of hydrogen-bond donors (Lipinski definition) is 0. The van der Waals surface area contributed by atoms with Gasteiger partial charge in [0, 0.05) is 49.9 Å². The molecule has 1 amide bonds. The molecule has 1 aromatic carbocycles. The van der Waals surface area contributed by atoms with Crippen LogP contribution in [0.2, 0.25) is 0 Å². The highest BCUT2D eigenvalue weighted by atomic mass is 16.2. The second-order valence-electron chi connectivity index (χ2n) is 8.05. The van der Waals surface area contributed by atoms with E-state index >= 15 is 0 Å². The Morgan fingerprint density at radius 3 is 2.14 bits per heavy atom. The molecule has 7 nitrogen and oxygen atoms in total. The molecule has 156 valence electrons. The molecule has 0 radical (unpaired) electrons. The lowest BCUT2D eigenvalue weighted by molar-refractivity contribution is 0.0767. The Hall–Kier alpha value is -2.83. The second-order valence-corrected chi connectivity index (χ2v) is 8.05. The maximum Gasteiger partial charge on any atom is 0.333 e. The van der Waals surface area contributed by atoms with Crippen LogP contribution in [0.1, 0.15) is 56.6 Å². The van der Waals surface area contributed by atoms with Gasteiger partial charge in [0.25, 0.3) is 11.5 Å². The van der Waals surface area contributed by atoms with Crippen LogP contribution in [-0.4, -0.2) is 46.1 Å². The number of carbonyl (C=O) groups excluding carboxylic acids is 1. The van der Waals surface area contributed by atoms with Crippen LogP contribution in [-0.2, 0) is 0 Å². The Kier molecular flexibility index (Phi) is 6.25. The summed E-state index contributed by atoms with van der Waals surface area (Å²) in [6.07, 6.45) is 0.776. The normalized spacial score (nSPS) is 15.1. The van der Waals surface area contributed by atoms with Gasteiger partial charge >= 0.3 is 5.69 Å². The number of aromatic nitrogens is 2. The van der Waals surface area contributed by atoms with E-state index in [0.29, 0.717) is 37.6 Å². The van der Waals surface area contributed by atoms with E-state index in [-0.39, 0.29) is 29.2 Å². The SMILES string of the molecule is CC(C)n1c(N2CCCN(C(=O)c3ccccc3)CC2)cc(=O)n(C(C)C)c1=O. The van der Waals surface area contributed by atoms with Gasteiger partial charge in [-0.1, -0.05) is 18.2 Å². The fourth-order valence-electron chi connectivity index (χ4n) is 3.88. The second kappa shape index (κ2) is 8.68. The van der Waals surface area contributed by atoms with E-state index in [1.165, 1.54) is 4.57 Å². The molecule has 1 aliphatic rings. The summed E-state index contributed by atoms with van der Waals surface area (Å²) in [6.45, 7) is 10.0. The van der Waals surface area contributed by atoms with Crippen LogP contribution in [0.15, 0.2) is 46.0 Å². The average molecular weight is 399 g/mol. The number of rotatable bonds is 4. The first-order valence-electron chi connectivity index (χ1n) is 10.3. The van der Waals surface area contributed by atoms with Crippen LogP contribution in [0.5, 0.6) is 0 Å². The maximum atomic E-state index is 13.0. The summed E-state index contributed by atoms with van der Waals surface area (Å²) in [4.78, 5) is 42.3. The minimum absolute atomic E-state index is 0.0175. The van der Waals surface area contributed by atoms with E-state index in [0.717, 1.165) is 6.42 Å². The third-order valence-corrected chi connectivity index (χ3v) is 5.31. The molecule has 2 heterocycles. The lowest BCUT2D eigenvalue weighted by Gasteiger charge is -2.28. The number of nitrogens with zero attached hydrogens (tertiary/aromatic N) is 4. The van der Waals surface area contributed by atoms with E-state index in [4.69, 9.17) is 0 Å². The lowest BCUT2D eigenvalue weighted by atomic mass is 10.2. The standard InChI is InChI=1S/C22H30N4O3/c1-16(2)25-19(15-20(27)26(17(3)4)22(25)29)23-11-8-12-24(14-13-23)21(28)18-9-6-5-7-10-18/h5-7,9-10,15-17H,8,11-14H2,1-4H3. The zero-order valence-electron chi connectivity index (χ0n) is 17.7. The predicted octanol–water partition coefficient (Wildman–Crippen LogP) is 2.52. The summed E-state index contributed by atoms with van der Waals surface area (Å²) in [6, 6.07) is 10.6. The molecule has 0 spiro atoms. The monoisotopic (exact) mass is 398 g/mol. The first kappa shape index (κ1) is 20.9. The van der Waals surface area contributed by atoms with Crippen LogP contribution < -0.4 is 16.1 Å². The van der Waals surface area contributed by atoms with Crippen molar-refractivity contribution < 1.29 is 4.79 Å². The van der Waals surface area contributed by atoms with Gasteiger partial charge in [-0.15, -0.1) is 0 Å². The molecule has 0 unspecified atom stereocenters. The first-order chi connectivity index (χ1) is 13.8. The van der Waals surface area contributed by atoms with Crippen LogP contribution in [0.25, 0.3) is 0 Å². The Labute approximate surface area is 171 Å². The summed E-state index contributed by atoms with van der Waals surface area (Å²) in [5.41, 5.74) is 0.122. The highest BCUT2D eigenvalue weighted by molar-refractivity contribution is 5.94. The van der Waals surface area contributed by atoms with Crippen LogP contribution in [0.3, 0.4) is 0 Å². The number of hydrogen-bond acceptors (Lipinski definition) is 4. The third-order valence-electron chi connectivity index (χ3n) is 5.31. The highest BCUT2D eigenvalue weighted by Gasteiger charge is 2.24. The fraction of sp³-hybridized carbons (Fsp3) is 0.500. The Morgan fingerprint density at radius 1 is 0.862 bits per heavy atom. The van der Waals surface area contributed by atoms with E-state index in [1.54, 1.807) is 10.6 Å². The first-order valence-corrected chi connectivity index (χ1v) is 10.3. The van der Waals surface area contributed by atoms with Gasteiger partial charge in [-0.25, -0.2) is 4.79 Å². The molecule has 2 aromatic rings. The third kappa shape index (κ3) is 4.28. The molecule has 0 aliphatic carbocycles. The Morgan fingerprint density at radius 2 is 1.52 bits per heavy atom. The number of benzene rings is 1. The maximum absolute atomic E-state index is 13.0. The minimum Gasteiger partial charge on any atom is -0.356 e. The number of carbonyl (C=O) groups is 1. The molecule has 1 aliphatic heterocycles. The average Bonchev–Trinajstić information content (AvgIpc) is 2.93. The van der Waals surface area contributed by atoms with Crippen molar-refractivity contribution in [1.82, 2.24) is 14.0 Å². The van der Waals surface area contributed by atoms with Crippen LogP contribution in [0.4, 0.5) is 5.82 Å². The summed E-state index contributed by atoms with van der Waals surface area (Å²) in [5.74, 6) is 0.657. The number of amides is 1. The van der Waals surface area contributed by atoms with Crippen LogP contribution in [0, 0.1) is 0 Å². The zero-order chi connectivity index (χ0) is 21.1. The summed E-state index contributed by atoms with van der Waals surface area (Å²) < 4.78 is 2.99. The summed E-state index contributed by atoms with van der Waals surface area (Å²) in [7, 11) is 0. The van der Waals surface area contributed by atoms with Crippen molar-refractivity contribution in [3.63, 3.8) is 0 Å². The molecule has 0 atom stereocenters. The fourth-order valence-corrected chi connectivity index (χ4v) is 3.88. The van der Waals surface area contributed by atoms with Gasteiger partial charge in [-0.2, -0.15) is 0 Å². The van der Waals surface area contributed by atoms with Gasteiger partial charge in [0.05, 0.1) is 0 Å². The van der Waals surface area contributed by atoms with E-state index in [2.05, 4.69) is 4.90 Å². The van der Waals surface area contributed by atoms with Crippen molar-refractivity contribution in [2.24, 2.45) is 0 Å². The van der Waals surface area contributed by atoms with Crippen molar-refractivity contribution >= 4 is 11.7 Å². The largest absolute Gasteiger partial charge is 0.356 e. The van der Waals surface area contributed by atoms with Gasteiger partial charge in [0.1, 0.15) is 5.82 Å². The van der Waals surface area contributed by atoms with Crippen molar-refractivity contribution in [2.75, 3.05) is 31.1 Å². The quantitative estimate of drug-likeness (QED) is 0.794. The number of anilines is 1. The predicted molar refractivity (Wildman–Crippen MR) is 115 cm³/mol. The topological polar surface area (TPSA) is 67.5 Å². The molecule has 1 saturated heterocycles. The molecule has 29 heavy (non-hydrogen) atoms. The molecule has 0 bridgehead atoms. The Balaban J connectivity index is 1.90. The van der Waals surface area contributed by atoms with Crippen molar-refractivity contribution in [3.8, 4) is 0 Å². The van der Waals surface area contributed by atoms with Crippen molar-refractivity contribution in [1.29, 1.82) is 0 Å². The molecule has 1 aromatic heterocycles. The molecule has 1 fully saturated rings. The summed E-state index contributed by atoms with van der Waals surface area (Å²) in [5, 5.41) is 0. The van der Waals surface area contributed by atoms with Gasteiger partial charge in [0.2, 0.25) is 0 Å². The molecule has 0 N–H and O–H groups in total. The van der Waals surface area contributed by atoms with Gasteiger partial charge in [0.15, 0.2) is 0 Å². The molecule has 7 heteroatoms. The van der Waals surface area contributed by atoms with Gasteiger partial charge < -0.3 is 9.80 Å². The Bertz CT molecular complexity index is 976. The zero-order valence-corrected chi connectivity index (χ0v) is 17.7. The van der Waals surface area contributed by atoms with Gasteiger partial charge in [-0.3, -0.25) is 18.7 Å². The molecule has 3 rings (SSSR count). The van der Waals surface area contributed by atoms with E-state index in [9.17, 15) is 14.4 Å². The molecule has 0 saturated carbocycles. The van der Waals surface area contributed by atoms with Crippen molar-refractivity contribution in [3.05, 3.63) is 62.8 Å². The smallest absolute Gasteiger partial charge is 0.333 e. The highest BCUT2D eigenvalue weighted by Crippen LogP contribution is 2.19. The summed E-state index contributed by atoms with van der Waals surface area (Å²) >= 11 is 0. The van der Waals surface area contributed by atoms with E-state index in [1.807, 2.05) is 62.9 Å². The van der Waals surface area contributed by atoms with E-state index < -0.39 is 0 Å². The molecular weight excluding hydrogens is 368 g/mol. The van der Waals surface area contributed by atoms with Crippen LogP contribution >= 0.6 is 0 Å². The van der Waals surface area contributed by atoms with Gasteiger partial charge in [-0.05, 0) is 46.2 Å².